The SMILES string of the molecule is Cc1cc(C)c(S(=O)(=O)O)c(C)c1S1(N)CCCC1. The number of hydrogen-bond acceptors (Lipinski definition) is 3. The van der Waals surface area contributed by atoms with E-state index in [0.29, 0.717) is 11.1 Å². The van der Waals surface area contributed by atoms with Crippen molar-refractivity contribution in [3.63, 3.8) is 0 Å². The standard InChI is InChI=1S/C13H21NO3S2/c1-9-8-10(2)13(19(15,16)17)11(3)12(9)18(14)6-4-5-7-18/h8H,4-7,14H2,1-3H3,(H,15,16,17). The second-order valence-electron chi connectivity index (χ2n) is 5.33. The van der Waals surface area contributed by atoms with Crippen LogP contribution < -0.4 is 5.14 Å². The summed E-state index contributed by atoms with van der Waals surface area (Å²) in [5.74, 6) is 1.89. The molecular formula is C13H21NO3S2. The molecule has 6 heteroatoms. The number of rotatable bonds is 2. The van der Waals surface area contributed by atoms with Gasteiger partial charge in [0.25, 0.3) is 10.1 Å². The third kappa shape index (κ3) is 2.54. The molecule has 1 fully saturated rings. The van der Waals surface area contributed by atoms with Gasteiger partial charge in [0.1, 0.15) is 4.90 Å². The second kappa shape index (κ2) is 4.77. The molecule has 0 saturated carbocycles. The summed E-state index contributed by atoms with van der Waals surface area (Å²) in [7, 11) is -5.62. The maximum atomic E-state index is 11.6. The molecule has 1 aromatic carbocycles. The number of aryl methyl sites for hydroxylation is 2. The Hall–Kier alpha value is -0.560. The molecule has 2 rings (SSSR count). The molecule has 0 spiro atoms. The Bertz CT molecular complexity index is 617. The second-order valence-corrected chi connectivity index (χ2v) is 9.80. The van der Waals surface area contributed by atoms with Crippen molar-refractivity contribution in [1.82, 2.24) is 0 Å². The summed E-state index contributed by atoms with van der Waals surface area (Å²) < 4.78 is 32.6. The lowest BCUT2D eigenvalue weighted by atomic mass is 10.1. The van der Waals surface area contributed by atoms with E-state index < -0.39 is 20.3 Å². The van der Waals surface area contributed by atoms with Gasteiger partial charge in [0.2, 0.25) is 0 Å². The molecule has 1 saturated heterocycles. The molecule has 0 aliphatic carbocycles. The minimum Gasteiger partial charge on any atom is -0.291 e. The topological polar surface area (TPSA) is 80.4 Å². The van der Waals surface area contributed by atoms with Crippen LogP contribution in [0.15, 0.2) is 15.9 Å². The van der Waals surface area contributed by atoms with Crippen LogP contribution in [0.2, 0.25) is 0 Å². The van der Waals surface area contributed by atoms with Crippen LogP contribution in [0.25, 0.3) is 0 Å². The Morgan fingerprint density at radius 2 is 1.68 bits per heavy atom. The van der Waals surface area contributed by atoms with Gasteiger partial charge in [0.05, 0.1) is 0 Å². The predicted octanol–water partition coefficient (Wildman–Crippen LogP) is 2.69. The molecule has 1 aromatic rings. The Kier molecular flexibility index (Phi) is 3.72. The fraction of sp³-hybridized carbons (Fsp3) is 0.538. The molecule has 0 unspecified atom stereocenters. The maximum absolute atomic E-state index is 11.6. The zero-order chi connectivity index (χ0) is 14.4. The molecule has 1 aliphatic rings. The lowest BCUT2D eigenvalue weighted by Crippen LogP contribution is -2.18. The lowest BCUT2D eigenvalue weighted by Gasteiger charge is -2.35. The third-order valence-corrected chi connectivity index (χ3v) is 8.38. The smallest absolute Gasteiger partial charge is 0.291 e. The average Bonchev–Trinajstić information content (AvgIpc) is 2.61. The van der Waals surface area contributed by atoms with Crippen molar-refractivity contribution < 1.29 is 13.0 Å². The van der Waals surface area contributed by atoms with Crippen LogP contribution >= 0.6 is 10.2 Å². The van der Waals surface area contributed by atoms with E-state index in [1.807, 2.05) is 13.0 Å². The highest BCUT2D eigenvalue weighted by molar-refractivity contribution is 8.32. The van der Waals surface area contributed by atoms with Crippen LogP contribution in [0.3, 0.4) is 0 Å². The van der Waals surface area contributed by atoms with Gasteiger partial charge >= 0.3 is 0 Å². The highest BCUT2D eigenvalue weighted by Crippen LogP contribution is 2.57. The van der Waals surface area contributed by atoms with Crippen LogP contribution in [0.1, 0.15) is 29.5 Å². The normalized spacial score (nSPS) is 20.5. The van der Waals surface area contributed by atoms with Crippen molar-refractivity contribution in [3.8, 4) is 0 Å². The van der Waals surface area contributed by atoms with E-state index in [4.69, 9.17) is 5.14 Å². The van der Waals surface area contributed by atoms with Crippen molar-refractivity contribution in [1.29, 1.82) is 0 Å². The molecule has 4 nitrogen and oxygen atoms in total. The molecule has 0 aromatic heterocycles. The van der Waals surface area contributed by atoms with Crippen LogP contribution in [-0.2, 0) is 10.1 Å². The van der Waals surface area contributed by atoms with Crippen LogP contribution in [0.4, 0.5) is 0 Å². The van der Waals surface area contributed by atoms with Gasteiger partial charge in [-0.1, -0.05) is 6.07 Å². The molecule has 0 radical (unpaired) electrons. The Morgan fingerprint density at radius 1 is 1.16 bits per heavy atom. The number of hydrogen-bond donors (Lipinski definition) is 2. The highest BCUT2D eigenvalue weighted by atomic mass is 32.3. The molecule has 0 atom stereocenters. The van der Waals surface area contributed by atoms with Crippen molar-refractivity contribution in [3.05, 3.63) is 22.8 Å². The molecular weight excluding hydrogens is 282 g/mol. The Balaban J connectivity index is 2.76. The summed E-state index contributed by atoms with van der Waals surface area (Å²) in [6.07, 6.45) is 2.19. The van der Waals surface area contributed by atoms with Gasteiger partial charge in [-0.25, -0.2) is 0 Å². The van der Waals surface area contributed by atoms with Crippen molar-refractivity contribution in [2.45, 2.75) is 43.4 Å². The van der Waals surface area contributed by atoms with Crippen molar-refractivity contribution in [2.24, 2.45) is 5.14 Å². The molecule has 3 N–H and O–H groups in total. The maximum Gasteiger partial charge on any atom is 0.295 e. The van der Waals surface area contributed by atoms with Crippen LogP contribution in [-0.4, -0.2) is 24.5 Å². The van der Waals surface area contributed by atoms with Gasteiger partial charge in [-0.3, -0.25) is 9.69 Å². The molecule has 1 heterocycles. The predicted molar refractivity (Wildman–Crippen MR) is 79.5 cm³/mol. The molecule has 1 aliphatic heterocycles. The van der Waals surface area contributed by atoms with Gasteiger partial charge in [-0.05, 0) is 61.8 Å². The largest absolute Gasteiger partial charge is 0.295 e. The fourth-order valence-electron chi connectivity index (χ4n) is 3.20. The Morgan fingerprint density at radius 3 is 2.16 bits per heavy atom. The lowest BCUT2D eigenvalue weighted by molar-refractivity contribution is 0.481. The minimum atomic E-state index is -4.20. The van der Waals surface area contributed by atoms with Gasteiger partial charge in [-0.2, -0.15) is 18.6 Å². The van der Waals surface area contributed by atoms with Gasteiger partial charge in [0, 0.05) is 4.90 Å². The first-order valence-electron chi connectivity index (χ1n) is 6.31. The quantitative estimate of drug-likeness (QED) is 0.823. The van der Waals surface area contributed by atoms with E-state index in [-0.39, 0.29) is 4.90 Å². The number of nitrogens with two attached hydrogens (primary N) is 1. The average molecular weight is 303 g/mol. The summed E-state index contributed by atoms with van der Waals surface area (Å²) in [5, 5.41) is 6.55. The summed E-state index contributed by atoms with van der Waals surface area (Å²) in [6, 6.07) is 1.82. The first-order valence-corrected chi connectivity index (χ1v) is 9.79. The number of benzene rings is 1. The molecule has 0 amide bonds. The summed E-state index contributed by atoms with van der Waals surface area (Å²) in [5.41, 5.74) is 2.27. The van der Waals surface area contributed by atoms with Crippen molar-refractivity contribution in [2.75, 3.05) is 11.5 Å². The van der Waals surface area contributed by atoms with E-state index in [1.165, 1.54) is 0 Å². The Labute approximate surface area is 116 Å². The first kappa shape index (κ1) is 14.8. The zero-order valence-electron chi connectivity index (χ0n) is 11.6. The first-order chi connectivity index (χ1) is 8.67. The monoisotopic (exact) mass is 303 g/mol. The molecule has 19 heavy (non-hydrogen) atoms. The summed E-state index contributed by atoms with van der Waals surface area (Å²) in [4.78, 5) is 1.01. The van der Waals surface area contributed by atoms with E-state index in [9.17, 15) is 13.0 Å². The third-order valence-electron chi connectivity index (χ3n) is 3.76. The summed E-state index contributed by atoms with van der Waals surface area (Å²) >= 11 is 0. The van der Waals surface area contributed by atoms with Crippen LogP contribution in [0, 0.1) is 20.8 Å². The molecule has 108 valence electrons. The van der Waals surface area contributed by atoms with Crippen molar-refractivity contribution >= 4 is 20.3 Å². The van der Waals surface area contributed by atoms with E-state index >= 15 is 0 Å². The van der Waals surface area contributed by atoms with Gasteiger partial charge < -0.3 is 0 Å². The summed E-state index contributed by atoms with van der Waals surface area (Å²) in [6.45, 7) is 5.45. The molecule has 0 bridgehead atoms. The van der Waals surface area contributed by atoms with Crippen LogP contribution in [0.5, 0.6) is 0 Å². The highest BCUT2D eigenvalue weighted by Gasteiger charge is 2.32. The zero-order valence-corrected chi connectivity index (χ0v) is 13.2. The van der Waals surface area contributed by atoms with Gasteiger partial charge in [-0.15, -0.1) is 0 Å². The fourth-order valence-corrected chi connectivity index (χ4v) is 7.68. The van der Waals surface area contributed by atoms with Gasteiger partial charge in [0.15, 0.2) is 0 Å². The van der Waals surface area contributed by atoms with E-state index in [2.05, 4.69) is 0 Å². The minimum absolute atomic E-state index is 0.0392. The van der Waals surface area contributed by atoms with E-state index in [1.54, 1.807) is 13.8 Å². The van der Waals surface area contributed by atoms with E-state index in [0.717, 1.165) is 34.8 Å².